The van der Waals surface area contributed by atoms with Crippen molar-refractivity contribution in [3.8, 4) is 5.75 Å². The van der Waals surface area contributed by atoms with Crippen LogP contribution in [0.3, 0.4) is 0 Å². The highest BCUT2D eigenvalue weighted by molar-refractivity contribution is 6.31. The maximum absolute atomic E-state index is 13.1. The molecule has 1 amide bonds. The van der Waals surface area contributed by atoms with E-state index in [-0.39, 0.29) is 10.9 Å². The largest absolute Gasteiger partial charge is 0.493 e. The molecule has 0 fully saturated rings. The molecule has 3 nitrogen and oxygen atoms in total. The second-order valence-electron chi connectivity index (χ2n) is 4.84. The minimum absolute atomic E-state index is 0.0370. The molecule has 0 aliphatic rings. The number of carbonyl (C=O) groups excluding carboxylic acids is 1. The summed E-state index contributed by atoms with van der Waals surface area (Å²) in [5.41, 5.74) is 1.25. The fourth-order valence-corrected chi connectivity index (χ4v) is 2.07. The molecule has 0 saturated heterocycles. The van der Waals surface area contributed by atoms with Crippen LogP contribution in [-0.2, 0) is 4.79 Å². The Bertz CT molecular complexity index is 716. The van der Waals surface area contributed by atoms with Gasteiger partial charge in [0.15, 0.2) is 0 Å². The van der Waals surface area contributed by atoms with Crippen molar-refractivity contribution < 1.29 is 13.9 Å². The average molecular weight is 334 g/mol. The molecule has 0 bridgehead atoms. The summed E-state index contributed by atoms with van der Waals surface area (Å²) in [6.45, 7) is 2.64. The Morgan fingerprint density at radius 3 is 2.83 bits per heavy atom. The first-order valence-corrected chi connectivity index (χ1v) is 7.64. The van der Waals surface area contributed by atoms with E-state index in [9.17, 15) is 9.18 Å². The molecule has 0 heterocycles. The molecular formula is C18H17ClFNO2. The number of anilines is 1. The van der Waals surface area contributed by atoms with Gasteiger partial charge in [-0.1, -0.05) is 36.7 Å². The lowest BCUT2D eigenvalue weighted by Crippen LogP contribution is -2.07. The molecule has 0 radical (unpaired) electrons. The summed E-state index contributed by atoms with van der Waals surface area (Å²) in [5.74, 6) is -0.136. The number of ether oxygens (including phenoxy) is 1. The van der Waals surface area contributed by atoms with Crippen LogP contribution in [0.15, 0.2) is 48.5 Å². The van der Waals surface area contributed by atoms with Crippen LogP contribution < -0.4 is 10.1 Å². The zero-order chi connectivity index (χ0) is 16.7. The molecule has 2 aromatic rings. The molecule has 0 spiro atoms. The lowest BCUT2D eigenvalue weighted by molar-refractivity contribution is -0.111. The average Bonchev–Trinajstić information content (AvgIpc) is 2.55. The Kier molecular flexibility index (Phi) is 6.18. The normalized spacial score (nSPS) is 10.7. The van der Waals surface area contributed by atoms with Crippen LogP contribution in [0.4, 0.5) is 10.1 Å². The second kappa shape index (κ2) is 8.34. The first-order valence-electron chi connectivity index (χ1n) is 7.26. The van der Waals surface area contributed by atoms with Gasteiger partial charge in [-0.3, -0.25) is 4.79 Å². The summed E-state index contributed by atoms with van der Waals surface area (Å²) < 4.78 is 18.7. The number of carbonyl (C=O) groups is 1. The predicted molar refractivity (Wildman–Crippen MR) is 91.3 cm³/mol. The van der Waals surface area contributed by atoms with Crippen LogP contribution >= 0.6 is 11.6 Å². The molecule has 23 heavy (non-hydrogen) atoms. The molecule has 1 N–H and O–H groups in total. The van der Waals surface area contributed by atoms with Crippen molar-refractivity contribution in [2.24, 2.45) is 0 Å². The first kappa shape index (κ1) is 17.0. The van der Waals surface area contributed by atoms with Crippen molar-refractivity contribution in [3.05, 3.63) is 64.9 Å². The first-order chi connectivity index (χ1) is 11.1. The molecule has 2 aromatic carbocycles. The molecule has 5 heteroatoms. The van der Waals surface area contributed by atoms with Gasteiger partial charge < -0.3 is 10.1 Å². The van der Waals surface area contributed by atoms with Crippen molar-refractivity contribution in [1.82, 2.24) is 0 Å². The van der Waals surface area contributed by atoms with E-state index in [1.54, 1.807) is 6.08 Å². The number of hydrogen-bond acceptors (Lipinski definition) is 2. The van der Waals surface area contributed by atoms with Crippen LogP contribution in [0.2, 0.25) is 5.02 Å². The van der Waals surface area contributed by atoms with Gasteiger partial charge in [0.1, 0.15) is 11.6 Å². The van der Waals surface area contributed by atoms with E-state index in [0.29, 0.717) is 12.3 Å². The maximum atomic E-state index is 13.1. The van der Waals surface area contributed by atoms with Gasteiger partial charge in [0.2, 0.25) is 5.91 Å². The van der Waals surface area contributed by atoms with Gasteiger partial charge in [0, 0.05) is 17.3 Å². The number of halogens is 2. The second-order valence-corrected chi connectivity index (χ2v) is 5.24. The Morgan fingerprint density at radius 2 is 2.09 bits per heavy atom. The van der Waals surface area contributed by atoms with Gasteiger partial charge >= 0.3 is 0 Å². The molecule has 2 rings (SSSR count). The third-order valence-electron chi connectivity index (χ3n) is 2.98. The number of nitrogens with one attached hydrogen (secondary N) is 1. The van der Waals surface area contributed by atoms with Crippen LogP contribution in [-0.4, -0.2) is 12.5 Å². The van der Waals surface area contributed by atoms with Crippen LogP contribution in [0.1, 0.15) is 18.9 Å². The molecule has 0 aliphatic heterocycles. The van der Waals surface area contributed by atoms with E-state index in [4.69, 9.17) is 16.3 Å². The van der Waals surface area contributed by atoms with Crippen molar-refractivity contribution in [2.45, 2.75) is 13.3 Å². The van der Waals surface area contributed by atoms with E-state index < -0.39 is 5.82 Å². The predicted octanol–water partition coefficient (Wildman–Crippen LogP) is 4.92. The molecule has 0 saturated carbocycles. The number of para-hydroxylation sites is 1. The summed E-state index contributed by atoms with van der Waals surface area (Å²) in [6.07, 6.45) is 3.97. The highest BCUT2D eigenvalue weighted by Crippen LogP contribution is 2.21. The van der Waals surface area contributed by atoms with Gasteiger partial charge in [-0.15, -0.1) is 0 Å². The van der Waals surface area contributed by atoms with Gasteiger partial charge in [0.05, 0.1) is 11.6 Å². The Morgan fingerprint density at radius 1 is 1.30 bits per heavy atom. The zero-order valence-corrected chi connectivity index (χ0v) is 13.4. The van der Waals surface area contributed by atoms with Crippen molar-refractivity contribution in [2.75, 3.05) is 11.9 Å². The lowest BCUT2D eigenvalue weighted by Gasteiger charge is -2.07. The van der Waals surface area contributed by atoms with E-state index in [1.165, 1.54) is 24.3 Å². The lowest BCUT2D eigenvalue weighted by atomic mass is 10.2. The number of benzene rings is 2. The summed E-state index contributed by atoms with van der Waals surface area (Å²) in [4.78, 5) is 11.9. The molecule has 0 aliphatic carbocycles. The topological polar surface area (TPSA) is 38.3 Å². The van der Waals surface area contributed by atoms with E-state index in [2.05, 4.69) is 5.32 Å². The zero-order valence-electron chi connectivity index (χ0n) is 12.7. The van der Waals surface area contributed by atoms with Crippen LogP contribution in [0.25, 0.3) is 6.08 Å². The van der Waals surface area contributed by atoms with Gasteiger partial charge in [-0.05, 0) is 36.8 Å². The SMILES string of the molecule is CCCOc1ccccc1/C=C/C(=O)Nc1ccc(F)c(Cl)c1. The Hall–Kier alpha value is -2.33. The summed E-state index contributed by atoms with van der Waals surface area (Å²) in [6, 6.07) is 11.5. The van der Waals surface area contributed by atoms with E-state index in [0.717, 1.165) is 17.7 Å². The van der Waals surface area contributed by atoms with E-state index in [1.807, 2.05) is 31.2 Å². The quantitative estimate of drug-likeness (QED) is 0.762. The minimum Gasteiger partial charge on any atom is -0.493 e. The highest BCUT2D eigenvalue weighted by Gasteiger charge is 2.04. The smallest absolute Gasteiger partial charge is 0.248 e. The molecule has 120 valence electrons. The minimum atomic E-state index is -0.526. The standard InChI is InChI=1S/C18H17ClFNO2/c1-2-11-23-17-6-4-3-5-13(17)7-10-18(22)21-14-8-9-16(20)15(19)12-14/h3-10,12H,2,11H2,1H3,(H,21,22)/b10-7+. The van der Waals surface area contributed by atoms with Crippen molar-refractivity contribution in [1.29, 1.82) is 0 Å². The van der Waals surface area contributed by atoms with Crippen molar-refractivity contribution in [3.63, 3.8) is 0 Å². The summed E-state index contributed by atoms with van der Waals surface area (Å²) in [7, 11) is 0. The molecule has 0 unspecified atom stereocenters. The van der Waals surface area contributed by atoms with Crippen LogP contribution in [0, 0.1) is 5.82 Å². The number of rotatable bonds is 6. The van der Waals surface area contributed by atoms with Gasteiger partial charge in [-0.2, -0.15) is 0 Å². The fraction of sp³-hybridized carbons (Fsp3) is 0.167. The Balaban J connectivity index is 2.04. The molecule has 0 atom stereocenters. The number of hydrogen-bond donors (Lipinski definition) is 1. The maximum Gasteiger partial charge on any atom is 0.248 e. The third-order valence-corrected chi connectivity index (χ3v) is 3.27. The van der Waals surface area contributed by atoms with E-state index >= 15 is 0 Å². The number of amides is 1. The highest BCUT2D eigenvalue weighted by atomic mass is 35.5. The van der Waals surface area contributed by atoms with Crippen LogP contribution in [0.5, 0.6) is 5.75 Å². The monoisotopic (exact) mass is 333 g/mol. The summed E-state index contributed by atoms with van der Waals surface area (Å²) in [5, 5.41) is 2.59. The van der Waals surface area contributed by atoms with Crippen molar-refractivity contribution >= 4 is 29.3 Å². The van der Waals surface area contributed by atoms with Gasteiger partial charge in [-0.25, -0.2) is 4.39 Å². The fourth-order valence-electron chi connectivity index (χ4n) is 1.88. The molecular weight excluding hydrogens is 317 g/mol. The third kappa shape index (κ3) is 5.11. The Labute approximate surface area is 139 Å². The molecule has 0 aromatic heterocycles. The summed E-state index contributed by atoms with van der Waals surface area (Å²) >= 11 is 5.68. The van der Waals surface area contributed by atoms with Gasteiger partial charge in [0.25, 0.3) is 0 Å².